The van der Waals surface area contributed by atoms with Crippen molar-refractivity contribution in [1.29, 1.82) is 0 Å². The Morgan fingerprint density at radius 3 is 2.67 bits per heavy atom. The Bertz CT molecular complexity index is 786. The molecule has 130 valence electrons. The molecule has 1 fully saturated rings. The Balaban J connectivity index is 1.69. The summed E-state index contributed by atoms with van der Waals surface area (Å²) in [5.74, 6) is -0.891. The van der Waals surface area contributed by atoms with Crippen molar-refractivity contribution in [3.05, 3.63) is 29.3 Å². The molecule has 2 aliphatic rings. The van der Waals surface area contributed by atoms with Gasteiger partial charge in [0.25, 0.3) is 5.91 Å². The van der Waals surface area contributed by atoms with E-state index in [0.29, 0.717) is 17.7 Å². The van der Waals surface area contributed by atoms with Crippen molar-refractivity contribution < 1.29 is 22.7 Å². The summed E-state index contributed by atoms with van der Waals surface area (Å²) in [5.41, 5.74) is 1.69. The van der Waals surface area contributed by atoms with Crippen LogP contribution in [0.3, 0.4) is 0 Å². The number of nitrogens with one attached hydrogen (secondary N) is 1. The molecule has 0 aromatic heterocycles. The third-order valence-corrected chi connectivity index (χ3v) is 5.37. The van der Waals surface area contributed by atoms with Crippen LogP contribution in [0.25, 0.3) is 0 Å². The van der Waals surface area contributed by atoms with E-state index in [0.717, 1.165) is 18.4 Å². The molecular formula is C16H20N2O5S. The molecule has 24 heavy (non-hydrogen) atoms. The van der Waals surface area contributed by atoms with Crippen molar-refractivity contribution in [2.75, 3.05) is 17.2 Å². The number of carbonyl (C=O) groups excluding carboxylic acids is 2. The molecule has 1 aliphatic carbocycles. The Morgan fingerprint density at radius 1 is 1.33 bits per heavy atom. The van der Waals surface area contributed by atoms with Gasteiger partial charge in [0.2, 0.25) is 10.0 Å². The number of anilines is 1. The molecule has 0 spiro atoms. The Labute approximate surface area is 141 Å². The van der Waals surface area contributed by atoms with Crippen LogP contribution in [0.2, 0.25) is 0 Å². The van der Waals surface area contributed by atoms with Gasteiger partial charge in [-0.15, -0.1) is 0 Å². The molecule has 0 saturated heterocycles. The van der Waals surface area contributed by atoms with E-state index in [2.05, 4.69) is 5.32 Å². The summed E-state index contributed by atoms with van der Waals surface area (Å²) in [7, 11) is -3.36. The van der Waals surface area contributed by atoms with Crippen LogP contribution >= 0.6 is 0 Å². The number of rotatable bonds is 5. The van der Waals surface area contributed by atoms with E-state index in [-0.39, 0.29) is 24.6 Å². The van der Waals surface area contributed by atoms with E-state index in [4.69, 9.17) is 4.74 Å². The van der Waals surface area contributed by atoms with E-state index in [9.17, 15) is 18.0 Å². The lowest BCUT2D eigenvalue weighted by Gasteiger charge is -2.21. The van der Waals surface area contributed by atoms with Gasteiger partial charge in [0.05, 0.1) is 17.5 Å². The number of fused-ring (bicyclic) bond motifs is 1. The Hall–Kier alpha value is -2.09. The van der Waals surface area contributed by atoms with Gasteiger partial charge in [-0.1, -0.05) is 0 Å². The van der Waals surface area contributed by atoms with E-state index in [1.165, 1.54) is 16.6 Å². The monoisotopic (exact) mass is 352 g/mol. The van der Waals surface area contributed by atoms with E-state index < -0.39 is 16.0 Å². The highest BCUT2D eigenvalue weighted by Gasteiger charge is 2.33. The summed E-state index contributed by atoms with van der Waals surface area (Å²) in [4.78, 5) is 23.6. The minimum absolute atomic E-state index is 0.189. The van der Waals surface area contributed by atoms with Crippen LogP contribution in [0.5, 0.6) is 0 Å². The van der Waals surface area contributed by atoms with Crippen LogP contribution < -0.4 is 9.62 Å². The number of nitrogens with zero attached hydrogens (tertiary/aromatic N) is 1. The summed E-state index contributed by atoms with van der Waals surface area (Å²) in [6.07, 6.45) is 3.64. The summed E-state index contributed by atoms with van der Waals surface area (Å²) in [5, 5.41) is 2.74. The van der Waals surface area contributed by atoms with Gasteiger partial charge in [-0.2, -0.15) is 0 Å². The average Bonchev–Trinajstić information content (AvgIpc) is 3.22. The fourth-order valence-electron chi connectivity index (χ4n) is 2.95. The van der Waals surface area contributed by atoms with Crippen molar-refractivity contribution in [2.45, 2.75) is 38.3 Å². The SMILES string of the molecule is C[C@@H]1Cc2cc(C(=O)OCC(=O)NC3CC3)ccc2N1S(C)(=O)=O. The van der Waals surface area contributed by atoms with Crippen molar-refractivity contribution in [1.82, 2.24) is 5.32 Å². The largest absolute Gasteiger partial charge is 0.452 e. The van der Waals surface area contributed by atoms with Crippen LogP contribution in [-0.2, 0) is 26.0 Å². The molecule has 8 heteroatoms. The Morgan fingerprint density at radius 2 is 2.04 bits per heavy atom. The molecule has 0 bridgehead atoms. The topological polar surface area (TPSA) is 92.8 Å². The summed E-state index contributed by atoms with van der Waals surface area (Å²) in [6, 6.07) is 4.81. The maximum Gasteiger partial charge on any atom is 0.338 e. The second-order valence-corrected chi connectivity index (χ2v) is 8.23. The number of benzene rings is 1. The predicted octanol–water partition coefficient (Wildman–Crippen LogP) is 0.833. The number of esters is 1. The number of carbonyl (C=O) groups is 2. The molecule has 3 rings (SSSR count). The number of hydrogen-bond acceptors (Lipinski definition) is 5. The zero-order valence-electron chi connectivity index (χ0n) is 13.6. The van der Waals surface area contributed by atoms with Gasteiger partial charge in [0.1, 0.15) is 0 Å². The molecule has 1 aliphatic heterocycles. The van der Waals surface area contributed by atoms with Crippen LogP contribution in [0.4, 0.5) is 5.69 Å². The molecule has 1 N–H and O–H groups in total. The first kappa shape index (κ1) is 16.8. The van der Waals surface area contributed by atoms with E-state index >= 15 is 0 Å². The minimum Gasteiger partial charge on any atom is -0.452 e. The lowest BCUT2D eigenvalue weighted by atomic mass is 10.1. The first-order valence-corrected chi connectivity index (χ1v) is 9.69. The van der Waals surface area contributed by atoms with Gasteiger partial charge in [-0.3, -0.25) is 9.10 Å². The third kappa shape index (κ3) is 3.53. The fourth-order valence-corrected chi connectivity index (χ4v) is 4.21. The minimum atomic E-state index is -3.36. The number of sulfonamides is 1. The standard InChI is InChI=1S/C16H20N2O5S/c1-10-7-12-8-11(3-6-14(12)18(10)24(2,21)22)16(20)23-9-15(19)17-13-4-5-13/h3,6,8,10,13H,4-5,7,9H2,1-2H3,(H,17,19)/t10-/m1/s1. The molecule has 0 unspecified atom stereocenters. The maximum atomic E-state index is 12.1. The number of hydrogen-bond donors (Lipinski definition) is 1. The zero-order chi connectivity index (χ0) is 17.5. The highest BCUT2D eigenvalue weighted by Crippen LogP contribution is 2.34. The van der Waals surface area contributed by atoms with Gasteiger partial charge in [0.15, 0.2) is 6.61 Å². The molecule has 1 aromatic rings. The third-order valence-electron chi connectivity index (χ3n) is 4.10. The van der Waals surface area contributed by atoms with Gasteiger partial charge < -0.3 is 10.1 Å². The highest BCUT2D eigenvalue weighted by molar-refractivity contribution is 7.92. The summed E-state index contributed by atoms with van der Waals surface area (Å²) in [6.45, 7) is 1.51. The highest BCUT2D eigenvalue weighted by atomic mass is 32.2. The van der Waals surface area contributed by atoms with Crippen LogP contribution in [0, 0.1) is 0 Å². The molecule has 1 heterocycles. The van der Waals surface area contributed by atoms with Gasteiger partial charge in [-0.25, -0.2) is 13.2 Å². The summed E-state index contributed by atoms with van der Waals surface area (Å²) >= 11 is 0. The predicted molar refractivity (Wildman–Crippen MR) is 88.4 cm³/mol. The van der Waals surface area contributed by atoms with Gasteiger partial charge in [0, 0.05) is 12.1 Å². The first-order chi connectivity index (χ1) is 11.3. The Kier molecular flexibility index (Phi) is 4.25. The molecule has 7 nitrogen and oxygen atoms in total. The van der Waals surface area contributed by atoms with Crippen LogP contribution in [0.15, 0.2) is 18.2 Å². The lowest BCUT2D eigenvalue weighted by molar-refractivity contribution is -0.124. The zero-order valence-corrected chi connectivity index (χ0v) is 14.4. The second kappa shape index (κ2) is 6.08. The molecule has 1 aromatic carbocycles. The van der Waals surface area contributed by atoms with Gasteiger partial charge >= 0.3 is 5.97 Å². The van der Waals surface area contributed by atoms with Crippen molar-refractivity contribution in [3.63, 3.8) is 0 Å². The quantitative estimate of drug-likeness (QED) is 0.793. The van der Waals surface area contributed by atoms with E-state index in [1.807, 2.05) is 6.92 Å². The van der Waals surface area contributed by atoms with Crippen molar-refractivity contribution in [2.24, 2.45) is 0 Å². The second-order valence-electron chi connectivity index (χ2n) is 6.37. The maximum absolute atomic E-state index is 12.1. The number of ether oxygens (including phenoxy) is 1. The van der Waals surface area contributed by atoms with Crippen molar-refractivity contribution in [3.8, 4) is 0 Å². The van der Waals surface area contributed by atoms with Crippen molar-refractivity contribution >= 4 is 27.6 Å². The van der Waals surface area contributed by atoms with Gasteiger partial charge in [-0.05, 0) is 49.9 Å². The number of amides is 1. The molecule has 1 atom stereocenters. The van der Waals surface area contributed by atoms with Crippen LogP contribution in [0.1, 0.15) is 35.7 Å². The molecular weight excluding hydrogens is 332 g/mol. The lowest BCUT2D eigenvalue weighted by Crippen LogP contribution is -2.34. The molecule has 0 radical (unpaired) electrons. The normalized spacial score (nSPS) is 19.8. The molecule has 1 saturated carbocycles. The van der Waals surface area contributed by atoms with E-state index in [1.54, 1.807) is 12.1 Å². The summed E-state index contributed by atoms with van der Waals surface area (Å²) < 4.78 is 30.1. The molecule has 1 amide bonds. The fraction of sp³-hybridized carbons (Fsp3) is 0.500. The first-order valence-electron chi connectivity index (χ1n) is 7.84. The smallest absolute Gasteiger partial charge is 0.338 e. The average molecular weight is 352 g/mol. The van der Waals surface area contributed by atoms with Crippen LogP contribution in [-0.4, -0.2) is 45.2 Å².